The molecule has 1 atom stereocenters. The second kappa shape index (κ2) is 5.42. The van der Waals surface area contributed by atoms with Crippen molar-refractivity contribution in [2.24, 2.45) is 0 Å². The molecule has 0 radical (unpaired) electrons. The summed E-state index contributed by atoms with van der Waals surface area (Å²) in [5.41, 5.74) is 0.660. The van der Waals surface area contributed by atoms with Crippen LogP contribution in [0.4, 0.5) is 0 Å². The molecular formula is C16H12ClNO4. The SMILES string of the molecule is O=C1C[C@@H](c2ccc(Cl)cc2)Cc2[nH]c(=O)c(C(=O)O)cc21. The molecule has 1 aliphatic carbocycles. The third-order valence-corrected chi connectivity index (χ3v) is 4.13. The van der Waals surface area contributed by atoms with E-state index < -0.39 is 17.1 Å². The van der Waals surface area contributed by atoms with Crippen LogP contribution in [-0.2, 0) is 6.42 Å². The van der Waals surface area contributed by atoms with E-state index in [2.05, 4.69) is 4.98 Å². The van der Waals surface area contributed by atoms with Gasteiger partial charge in [0.25, 0.3) is 5.56 Å². The number of halogens is 1. The zero-order chi connectivity index (χ0) is 15.9. The molecule has 1 aliphatic rings. The van der Waals surface area contributed by atoms with Crippen LogP contribution in [0.2, 0.25) is 5.02 Å². The first kappa shape index (κ1) is 14.5. The molecule has 6 heteroatoms. The third kappa shape index (κ3) is 2.55. The number of Topliss-reactive ketones (excluding diaryl/α,β-unsaturated/α-hetero) is 1. The number of H-pyrrole nitrogens is 1. The molecule has 1 heterocycles. The molecule has 1 aromatic heterocycles. The molecule has 2 aromatic rings. The number of fused-ring (bicyclic) bond motifs is 1. The number of aromatic carboxylic acids is 1. The summed E-state index contributed by atoms with van der Waals surface area (Å²) in [5.74, 6) is -1.56. The maximum atomic E-state index is 12.3. The largest absolute Gasteiger partial charge is 0.477 e. The zero-order valence-electron chi connectivity index (χ0n) is 11.4. The molecule has 0 saturated carbocycles. The number of ketones is 1. The smallest absolute Gasteiger partial charge is 0.341 e. The molecule has 0 unspecified atom stereocenters. The van der Waals surface area contributed by atoms with Crippen LogP contribution in [0.25, 0.3) is 0 Å². The molecule has 112 valence electrons. The first-order chi connectivity index (χ1) is 10.5. The average molecular weight is 318 g/mol. The van der Waals surface area contributed by atoms with E-state index in [9.17, 15) is 14.4 Å². The number of pyridine rings is 1. The minimum Gasteiger partial charge on any atom is -0.477 e. The van der Waals surface area contributed by atoms with E-state index in [-0.39, 0.29) is 18.1 Å². The van der Waals surface area contributed by atoms with Gasteiger partial charge in [-0.15, -0.1) is 0 Å². The topological polar surface area (TPSA) is 87.2 Å². The molecule has 22 heavy (non-hydrogen) atoms. The Morgan fingerprint density at radius 1 is 1.18 bits per heavy atom. The Hall–Kier alpha value is -2.40. The summed E-state index contributed by atoms with van der Waals surface area (Å²) in [5, 5.41) is 9.58. The maximum absolute atomic E-state index is 12.3. The Kier molecular flexibility index (Phi) is 3.58. The van der Waals surface area contributed by atoms with Crippen LogP contribution in [0.1, 0.15) is 44.3 Å². The Morgan fingerprint density at radius 3 is 2.50 bits per heavy atom. The molecule has 3 rings (SSSR count). The van der Waals surface area contributed by atoms with Crippen molar-refractivity contribution < 1.29 is 14.7 Å². The summed E-state index contributed by atoms with van der Waals surface area (Å²) in [7, 11) is 0. The van der Waals surface area contributed by atoms with E-state index in [4.69, 9.17) is 16.7 Å². The van der Waals surface area contributed by atoms with Gasteiger partial charge in [0, 0.05) is 22.7 Å². The minimum atomic E-state index is -1.34. The van der Waals surface area contributed by atoms with Crippen molar-refractivity contribution in [1.29, 1.82) is 0 Å². The number of hydrogen-bond acceptors (Lipinski definition) is 3. The van der Waals surface area contributed by atoms with Gasteiger partial charge < -0.3 is 10.1 Å². The van der Waals surface area contributed by atoms with Crippen molar-refractivity contribution in [2.75, 3.05) is 0 Å². The minimum absolute atomic E-state index is 0.0522. The fourth-order valence-electron chi connectivity index (χ4n) is 2.76. The summed E-state index contributed by atoms with van der Waals surface area (Å²) in [6.45, 7) is 0. The molecule has 0 fully saturated rings. The summed E-state index contributed by atoms with van der Waals surface area (Å²) in [4.78, 5) is 37.6. The Labute approximate surface area is 130 Å². The van der Waals surface area contributed by atoms with Crippen LogP contribution in [0.15, 0.2) is 35.1 Å². The molecule has 1 aromatic carbocycles. The lowest BCUT2D eigenvalue weighted by atomic mass is 9.81. The number of hydrogen-bond donors (Lipinski definition) is 2. The lowest BCUT2D eigenvalue weighted by Crippen LogP contribution is -2.27. The molecule has 0 spiro atoms. The zero-order valence-corrected chi connectivity index (χ0v) is 12.2. The quantitative estimate of drug-likeness (QED) is 0.891. The second-order valence-corrected chi connectivity index (χ2v) is 5.73. The fraction of sp³-hybridized carbons (Fsp3) is 0.188. The van der Waals surface area contributed by atoms with E-state index >= 15 is 0 Å². The van der Waals surface area contributed by atoms with Gasteiger partial charge in [0.05, 0.1) is 0 Å². The van der Waals surface area contributed by atoms with Gasteiger partial charge in [0.1, 0.15) is 5.56 Å². The lowest BCUT2D eigenvalue weighted by molar-refractivity contribution is 0.0695. The van der Waals surface area contributed by atoms with Crippen LogP contribution in [0.3, 0.4) is 0 Å². The number of carbonyl (C=O) groups is 2. The van der Waals surface area contributed by atoms with Gasteiger partial charge in [-0.1, -0.05) is 23.7 Å². The van der Waals surface area contributed by atoms with Crippen molar-refractivity contribution in [3.63, 3.8) is 0 Å². The number of carboxylic acid groups (broad SMARTS) is 1. The monoisotopic (exact) mass is 317 g/mol. The predicted molar refractivity (Wildman–Crippen MR) is 80.9 cm³/mol. The molecule has 2 N–H and O–H groups in total. The summed E-state index contributed by atoms with van der Waals surface area (Å²) in [6, 6.07) is 8.40. The first-order valence-corrected chi connectivity index (χ1v) is 7.11. The van der Waals surface area contributed by atoms with Crippen molar-refractivity contribution in [1.82, 2.24) is 4.98 Å². The summed E-state index contributed by atoms with van der Waals surface area (Å²) < 4.78 is 0. The molecule has 5 nitrogen and oxygen atoms in total. The average Bonchev–Trinajstić information content (AvgIpc) is 2.46. The Balaban J connectivity index is 2.01. The number of aromatic nitrogens is 1. The van der Waals surface area contributed by atoms with Gasteiger partial charge >= 0.3 is 5.97 Å². The summed E-state index contributed by atoms with van der Waals surface area (Å²) >= 11 is 5.86. The van der Waals surface area contributed by atoms with Crippen molar-refractivity contribution in [3.05, 3.63) is 68.1 Å². The maximum Gasteiger partial charge on any atom is 0.341 e. The highest BCUT2D eigenvalue weighted by molar-refractivity contribution is 6.30. The highest BCUT2D eigenvalue weighted by Gasteiger charge is 2.28. The number of nitrogens with one attached hydrogen (secondary N) is 1. The molecule has 0 amide bonds. The van der Waals surface area contributed by atoms with Crippen LogP contribution in [0.5, 0.6) is 0 Å². The molecule has 0 saturated heterocycles. The van der Waals surface area contributed by atoms with Crippen LogP contribution in [0, 0.1) is 0 Å². The second-order valence-electron chi connectivity index (χ2n) is 5.29. The third-order valence-electron chi connectivity index (χ3n) is 3.88. The van der Waals surface area contributed by atoms with Crippen LogP contribution < -0.4 is 5.56 Å². The van der Waals surface area contributed by atoms with Gasteiger partial charge in [-0.05, 0) is 36.1 Å². The van der Waals surface area contributed by atoms with Crippen molar-refractivity contribution >= 4 is 23.4 Å². The van der Waals surface area contributed by atoms with Gasteiger partial charge in [-0.25, -0.2) is 4.79 Å². The first-order valence-electron chi connectivity index (χ1n) is 6.74. The van der Waals surface area contributed by atoms with E-state index in [1.807, 2.05) is 12.1 Å². The van der Waals surface area contributed by atoms with E-state index in [0.717, 1.165) is 5.56 Å². The van der Waals surface area contributed by atoms with E-state index in [0.29, 0.717) is 22.7 Å². The van der Waals surface area contributed by atoms with Crippen LogP contribution in [-0.4, -0.2) is 21.8 Å². The molecule has 0 bridgehead atoms. The van der Waals surface area contributed by atoms with Gasteiger partial charge in [0.15, 0.2) is 5.78 Å². The standard InChI is InChI=1S/C16H12ClNO4/c17-10-3-1-8(2-4-10)9-5-13-11(14(19)6-9)7-12(16(21)22)15(20)18-13/h1-4,7,9H,5-6H2,(H,18,20)(H,21,22)/t9-/m0/s1. The van der Waals surface area contributed by atoms with Crippen molar-refractivity contribution in [3.8, 4) is 0 Å². The number of rotatable bonds is 2. The van der Waals surface area contributed by atoms with Gasteiger partial charge in [0.2, 0.25) is 0 Å². The Morgan fingerprint density at radius 2 is 1.86 bits per heavy atom. The summed E-state index contributed by atoms with van der Waals surface area (Å²) in [6.07, 6.45) is 0.761. The predicted octanol–water partition coefficient (Wildman–Crippen LogP) is 2.64. The molecular weight excluding hydrogens is 306 g/mol. The fourth-order valence-corrected chi connectivity index (χ4v) is 2.89. The van der Waals surface area contributed by atoms with Crippen LogP contribution >= 0.6 is 11.6 Å². The lowest BCUT2D eigenvalue weighted by Gasteiger charge is -2.23. The van der Waals surface area contributed by atoms with E-state index in [1.165, 1.54) is 6.07 Å². The van der Waals surface area contributed by atoms with E-state index in [1.54, 1.807) is 12.1 Å². The highest BCUT2D eigenvalue weighted by Crippen LogP contribution is 2.32. The molecule has 0 aliphatic heterocycles. The number of aromatic amines is 1. The van der Waals surface area contributed by atoms with Crippen molar-refractivity contribution in [2.45, 2.75) is 18.8 Å². The van der Waals surface area contributed by atoms with Gasteiger partial charge in [-0.3, -0.25) is 9.59 Å². The number of carboxylic acids is 1. The highest BCUT2D eigenvalue weighted by atomic mass is 35.5. The Bertz CT molecular complexity index is 823. The number of carbonyl (C=O) groups excluding carboxylic acids is 1. The number of benzene rings is 1. The van der Waals surface area contributed by atoms with Gasteiger partial charge in [-0.2, -0.15) is 0 Å². The normalized spacial score (nSPS) is 17.1.